The zero-order chi connectivity index (χ0) is 13.0. The highest BCUT2D eigenvalue weighted by molar-refractivity contribution is 5.77. The van der Waals surface area contributed by atoms with E-state index in [4.69, 9.17) is 0 Å². The van der Waals surface area contributed by atoms with Gasteiger partial charge in [-0.15, -0.1) is 0 Å². The lowest BCUT2D eigenvalue weighted by molar-refractivity contribution is -0.120. The molecule has 1 aromatic rings. The van der Waals surface area contributed by atoms with E-state index in [1.165, 1.54) is 0 Å². The Bertz CT molecular complexity index is 434. The molecule has 0 aliphatic carbocycles. The van der Waals surface area contributed by atoms with Crippen molar-refractivity contribution in [1.82, 2.24) is 15.3 Å². The molecule has 1 saturated heterocycles. The molecule has 0 aromatic carbocycles. The van der Waals surface area contributed by atoms with E-state index in [9.17, 15) is 4.79 Å². The third kappa shape index (κ3) is 2.52. The number of carbonyl (C=O) groups excluding carboxylic acids is 1. The second-order valence-electron chi connectivity index (χ2n) is 4.21. The number of nitrogens with one attached hydrogen (secondary N) is 2. The molecule has 1 aromatic heterocycles. The van der Waals surface area contributed by atoms with Crippen molar-refractivity contribution in [3.05, 3.63) is 11.9 Å². The molecule has 1 amide bonds. The molecular formula is C12H19N5O. The van der Waals surface area contributed by atoms with Crippen molar-refractivity contribution in [1.29, 1.82) is 0 Å². The first-order valence-electron chi connectivity index (χ1n) is 6.29. The summed E-state index contributed by atoms with van der Waals surface area (Å²) in [4.78, 5) is 22.1. The van der Waals surface area contributed by atoms with Crippen molar-refractivity contribution >= 4 is 17.5 Å². The number of rotatable bonds is 3. The number of carbonyl (C=O) groups is 1. The minimum absolute atomic E-state index is 0.110. The van der Waals surface area contributed by atoms with E-state index >= 15 is 0 Å². The van der Waals surface area contributed by atoms with E-state index in [-0.39, 0.29) is 5.91 Å². The predicted molar refractivity (Wildman–Crippen MR) is 70.8 cm³/mol. The maximum Gasteiger partial charge on any atom is 0.221 e. The summed E-state index contributed by atoms with van der Waals surface area (Å²) in [5.41, 5.74) is 1.11. The highest BCUT2D eigenvalue weighted by atomic mass is 16.1. The number of hydrogen-bond acceptors (Lipinski definition) is 5. The van der Waals surface area contributed by atoms with Gasteiger partial charge in [0.25, 0.3) is 0 Å². The number of amides is 1. The zero-order valence-electron chi connectivity index (χ0n) is 10.9. The Morgan fingerprint density at radius 3 is 3.00 bits per heavy atom. The summed E-state index contributed by atoms with van der Waals surface area (Å²) >= 11 is 0. The Morgan fingerprint density at radius 2 is 2.28 bits per heavy atom. The van der Waals surface area contributed by atoms with Crippen LogP contribution in [0, 0.1) is 0 Å². The van der Waals surface area contributed by atoms with Crippen LogP contribution in [-0.4, -0.2) is 42.6 Å². The molecule has 0 atom stereocenters. The predicted octanol–water partition coefficient (Wildman–Crippen LogP) is 0.407. The summed E-state index contributed by atoms with van der Waals surface area (Å²) in [5, 5.41) is 5.96. The van der Waals surface area contributed by atoms with Crippen LogP contribution in [0.15, 0.2) is 6.33 Å². The summed E-state index contributed by atoms with van der Waals surface area (Å²) in [6.07, 6.45) is 2.95. The zero-order valence-corrected chi connectivity index (χ0v) is 10.9. The van der Waals surface area contributed by atoms with E-state index in [2.05, 4.69) is 32.4 Å². The van der Waals surface area contributed by atoms with Crippen LogP contribution in [0.5, 0.6) is 0 Å². The van der Waals surface area contributed by atoms with Crippen molar-refractivity contribution in [2.75, 3.05) is 36.9 Å². The van der Waals surface area contributed by atoms with Gasteiger partial charge in [0, 0.05) is 38.7 Å². The maximum atomic E-state index is 11.4. The molecule has 0 saturated carbocycles. The fourth-order valence-corrected chi connectivity index (χ4v) is 2.20. The van der Waals surface area contributed by atoms with Crippen LogP contribution >= 0.6 is 0 Å². The van der Waals surface area contributed by atoms with Gasteiger partial charge in [0.1, 0.15) is 18.0 Å². The SMILES string of the molecule is CCc1c(NC)ncnc1N1CCNC(=O)CC1. The summed E-state index contributed by atoms with van der Waals surface area (Å²) in [7, 11) is 1.86. The smallest absolute Gasteiger partial charge is 0.221 e. The first-order chi connectivity index (χ1) is 8.76. The van der Waals surface area contributed by atoms with Gasteiger partial charge in [-0.05, 0) is 6.42 Å². The van der Waals surface area contributed by atoms with Gasteiger partial charge in [-0.3, -0.25) is 4.79 Å². The molecule has 2 N–H and O–H groups in total. The van der Waals surface area contributed by atoms with Crippen LogP contribution < -0.4 is 15.5 Å². The van der Waals surface area contributed by atoms with Crippen LogP contribution in [-0.2, 0) is 11.2 Å². The average Bonchev–Trinajstić information content (AvgIpc) is 2.62. The van der Waals surface area contributed by atoms with Crippen LogP contribution in [0.1, 0.15) is 18.9 Å². The minimum atomic E-state index is 0.110. The maximum absolute atomic E-state index is 11.4. The Labute approximate surface area is 107 Å². The summed E-state index contributed by atoms with van der Waals surface area (Å²) in [5.74, 6) is 1.91. The summed E-state index contributed by atoms with van der Waals surface area (Å²) in [6.45, 7) is 4.25. The topological polar surface area (TPSA) is 70.2 Å². The van der Waals surface area contributed by atoms with Gasteiger partial charge < -0.3 is 15.5 Å². The van der Waals surface area contributed by atoms with Gasteiger partial charge in [0.15, 0.2) is 0 Å². The molecule has 18 heavy (non-hydrogen) atoms. The van der Waals surface area contributed by atoms with E-state index in [1.54, 1.807) is 6.33 Å². The fraction of sp³-hybridized carbons (Fsp3) is 0.583. The Kier molecular flexibility index (Phi) is 3.96. The molecule has 6 nitrogen and oxygen atoms in total. The Morgan fingerprint density at radius 1 is 1.44 bits per heavy atom. The lowest BCUT2D eigenvalue weighted by atomic mass is 10.2. The molecule has 1 aliphatic heterocycles. The van der Waals surface area contributed by atoms with Gasteiger partial charge in [-0.2, -0.15) is 0 Å². The van der Waals surface area contributed by atoms with Crippen LogP contribution in [0.4, 0.5) is 11.6 Å². The van der Waals surface area contributed by atoms with Crippen LogP contribution in [0.3, 0.4) is 0 Å². The molecule has 1 fully saturated rings. The van der Waals surface area contributed by atoms with Gasteiger partial charge in [0.2, 0.25) is 5.91 Å². The van der Waals surface area contributed by atoms with E-state index in [0.29, 0.717) is 19.5 Å². The average molecular weight is 249 g/mol. The fourth-order valence-electron chi connectivity index (χ4n) is 2.20. The van der Waals surface area contributed by atoms with E-state index in [1.807, 2.05) is 7.05 Å². The standard InChI is InChI=1S/C12H19N5O/c1-3-9-11(13-2)15-8-16-12(9)17-6-4-10(18)14-5-7-17/h8H,3-7H2,1-2H3,(H,14,18)(H,13,15,16). The Hall–Kier alpha value is -1.85. The second kappa shape index (κ2) is 5.66. The van der Waals surface area contributed by atoms with E-state index < -0.39 is 0 Å². The number of anilines is 2. The molecule has 0 spiro atoms. The normalized spacial score (nSPS) is 16.1. The molecule has 0 bridgehead atoms. The van der Waals surface area contributed by atoms with Crippen molar-refractivity contribution in [2.45, 2.75) is 19.8 Å². The second-order valence-corrected chi connectivity index (χ2v) is 4.21. The van der Waals surface area contributed by atoms with Gasteiger partial charge in [-0.1, -0.05) is 6.92 Å². The summed E-state index contributed by atoms with van der Waals surface area (Å²) in [6, 6.07) is 0. The van der Waals surface area contributed by atoms with Gasteiger partial charge in [0.05, 0.1) is 0 Å². The highest BCUT2D eigenvalue weighted by Crippen LogP contribution is 2.24. The molecule has 98 valence electrons. The lowest BCUT2D eigenvalue weighted by Crippen LogP contribution is -2.30. The highest BCUT2D eigenvalue weighted by Gasteiger charge is 2.18. The number of aromatic nitrogens is 2. The van der Waals surface area contributed by atoms with E-state index in [0.717, 1.165) is 30.2 Å². The number of hydrogen-bond donors (Lipinski definition) is 2. The molecule has 1 aliphatic rings. The third-order valence-corrected chi connectivity index (χ3v) is 3.13. The van der Waals surface area contributed by atoms with Crippen molar-refractivity contribution in [3.63, 3.8) is 0 Å². The van der Waals surface area contributed by atoms with Crippen molar-refractivity contribution in [2.24, 2.45) is 0 Å². The van der Waals surface area contributed by atoms with Gasteiger partial charge in [-0.25, -0.2) is 9.97 Å². The van der Waals surface area contributed by atoms with Crippen molar-refractivity contribution < 1.29 is 4.79 Å². The third-order valence-electron chi connectivity index (χ3n) is 3.13. The molecule has 0 unspecified atom stereocenters. The lowest BCUT2D eigenvalue weighted by Gasteiger charge is -2.23. The summed E-state index contributed by atoms with van der Waals surface area (Å²) < 4.78 is 0. The molecule has 2 heterocycles. The van der Waals surface area contributed by atoms with Gasteiger partial charge >= 0.3 is 0 Å². The molecule has 0 radical (unpaired) electrons. The first kappa shape index (κ1) is 12.6. The first-order valence-corrected chi connectivity index (χ1v) is 6.29. The molecular weight excluding hydrogens is 230 g/mol. The largest absolute Gasteiger partial charge is 0.373 e. The van der Waals surface area contributed by atoms with Crippen LogP contribution in [0.2, 0.25) is 0 Å². The number of nitrogens with zero attached hydrogens (tertiary/aromatic N) is 3. The minimum Gasteiger partial charge on any atom is -0.373 e. The van der Waals surface area contributed by atoms with Crippen LogP contribution in [0.25, 0.3) is 0 Å². The molecule has 2 rings (SSSR count). The molecule has 6 heteroatoms. The quantitative estimate of drug-likeness (QED) is 0.812. The monoisotopic (exact) mass is 249 g/mol. The Balaban J connectivity index is 2.29. The van der Waals surface area contributed by atoms with Crippen molar-refractivity contribution in [3.8, 4) is 0 Å².